The fourth-order valence-electron chi connectivity index (χ4n) is 5.09. The highest BCUT2D eigenvalue weighted by molar-refractivity contribution is 6.30. The van der Waals surface area contributed by atoms with Crippen LogP contribution in [0.4, 0.5) is 4.39 Å². The molecule has 2 heterocycles. The van der Waals surface area contributed by atoms with E-state index in [2.05, 4.69) is 40.4 Å². The van der Waals surface area contributed by atoms with Crippen LogP contribution in [0.15, 0.2) is 96.1 Å². The van der Waals surface area contributed by atoms with E-state index in [0.29, 0.717) is 28.9 Å². The van der Waals surface area contributed by atoms with Gasteiger partial charge in [0.2, 0.25) is 5.43 Å². The van der Waals surface area contributed by atoms with E-state index in [4.69, 9.17) is 11.6 Å². The molecule has 5 aromatic rings. The number of carbonyl (C=O) groups excluding carboxylic acids is 1. The molecular weight excluding hydrogens is 513 g/mol. The predicted octanol–water partition coefficient (Wildman–Crippen LogP) is 6.71. The van der Waals surface area contributed by atoms with Gasteiger partial charge in [0.25, 0.3) is 5.91 Å². The lowest BCUT2D eigenvalue weighted by molar-refractivity contribution is 0.0949. The van der Waals surface area contributed by atoms with Crippen molar-refractivity contribution in [3.63, 3.8) is 0 Å². The van der Waals surface area contributed by atoms with Crippen molar-refractivity contribution in [1.82, 2.24) is 15.3 Å². The Kier molecular flexibility index (Phi) is 7.66. The van der Waals surface area contributed by atoms with E-state index >= 15 is 0 Å². The van der Waals surface area contributed by atoms with Gasteiger partial charge in [-0.25, -0.2) is 4.39 Å². The summed E-state index contributed by atoms with van der Waals surface area (Å²) < 4.78 is 14.8. The summed E-state index contributed by atoms with van der Waals surface area (Å²) in [5.41, 5.74) is 3.58. The average molecular weight is 542 g/mol. The maximum absolute atomic E-state index is 14.8. The Morgan fingerprint density at radius 2 is 1.74 bits per heavy atom. The van der Waals surface area contributed by atoms with E-state index in [1.165, 1.54) is 23.9 Å². The number of fused-ring (bicyclic) bond motifs is 1. The smallest absolute Gasteiger partial charge is 0.257 e. The summed E-state index contributed by atoms with van der Waals surface area (Å²) in [6.45, 7) is 2.43. The summed E-state index contributed by atoms with van der Waals surface area (Å²) in [5, 5.41) is 3.51. The van der Waals surface area contributed by atoms with Gasteiger partial charge < -0.3 is 15.3 Å². The van der Waals surface area contributed by atoms with Crippen LogP contribution in [0.25, 0.3) is 10.9 Å². The molecule has 0 aliphatic heterocycles. The largest absolute Gasteiger partial charge is 0.365 e. The number of hydrogen-bond donors (Lipinski definition) is 3. The number of aromatic amines is 2. The summed E-state index contributed by atoms with van der Waals surface area (Å²) in [6.07, 6.45) is 5.38. The quantitative estimate of drug-likeness (QED) is 0.194. The molecule has 1 amide bonds. The first-order valence-electron chi connectivity index (χ1n) is 12.9. The third-order valence-electron chi connectivity index (χ3n) is 7.28. The summed E-state index contributed by atoms with van der Waals surface area (Å²) in [6, 6.07) is 24.0. The molecule has 0 fully saturated rings. The lowest BCUT2D eigenvalue weighted by Gasteiger charge is -2.29. The molecule has 7 heteroatoms. The first kappa shape index (κ1) is 26.4. The second-order valence-electron chi connectivity index (χ2n) is 10.1. The van der Waals surface area contributed by atoms with Crippen LogP contribution in [-0.4, -0.2) is 15.9 Å². The summed E-state index contributed by atoms with van der Waals surface area (Å²) in [4.78, 5) is 32.6. The van der Waals surface area contributed by atoms with Crippen LogP contribution in [0.2, 0.25) is 5.02 Å². The predicted molar refractivity (Wildman–Crippen MR) is 154 cm³/mol. The number of rotatable bonds is 9. The van der Waals surface area contributed by atoms with Gasteiger partial charge in [0.1, 0.15) is 11.4 Å². The number of amides is 1. The van der Waals surface area contributed by atoms with Gasteiger partial charge in [-0.3, -0.25) is 9.59 Å². The normalized spacial score (nSPS) is 12.8. The average Bonchev–Trinajstić information content (AvgIpc) is 3.49. The van der Waals surface area contributed by atoms with Gasteiger partial charge in [0.05, 0.1) is 5.52 Å². The van der Waals surface area contributed by atoms with Crippen LogP contribution in [0.1, 0.15) is 46.1 Å². The fraction of sp³-hybridized carbons (Fsp3) is 0.188. The Labute approximate surface area is 231 Å². The minimum atomic E-state index is -0.527. The highest BCUT2D eigenvalue weighted by Crippen LogP contribution is 2.33. The maximum Gasteiger partial charge on any atom is 0.257 e. The Hall–Kier alpha value is -4.16. The van der Waals surface area contributed by atoms with Crippen LogP contribution in [0, 0.1) is 5.82 Å². The molecule has 0 bridgehead atoms. The molecule has 0 radical (unpaired) electrons. The van der Waals surface area contributed by atoms with Gasteiger partial charge in [0.15, 0.2) is 0 Å². The molecule has 3 N–H and O–H groups in total. The topological polar surface area (TPSA) is 77.8 Å². The zero-order chi connectivity index (χ0) is 27.4. The van der Waals surface area contributed by atoms with Crippen molar-refractivity contribution in [1.29, 1.82) is 0 Å². The number of hydrogen-bond acceptors (Lipinski definition) is 2. The third-order valence-corrected chi connectivity index (χ3v) is 7.53. The van der Waals surface area contributed by atoms with Crippen molar-refractivity contribution in [3.05, 3.63) is 140 Å². The van der Waals surface area contributed by atoms with Crippen LogP contribution in [0.3, 0.4) is 0 Å². The minimum Gasteiger partial charge on any atom is -0.365 e. The van der Waals surface area contributed by atoms with Gasteiger partial charge in [-0.05, 0) is 72.4 Å². The molecule has 5 nitrogen and oxygen atoms in total. The van der Waals surface area contributed by atoms with Gasteiger partial charge >= 0.3 is 0 Å². The molecule has 0 saturated carbocycles. The van der Waals surface area contributed by atoms with Crippen molar-refractivity contribution in [2.75, 3.05) is 0 Å². The van der Waals surface area contributed by atoms with Gasteiger partial charge in [-0.15, -0.1) is 0 Å². The molecule has 198 valence electrons. The van der Waals surface area contributed by atoms with Crippen LogP contribution in [-0.2, 0) is 24.8 Å². The Bertz CT molecular complexity index is 1650. The van der Waals surface area contributed by atoms with Gasteiger partial charge in [-0.1, -0.05) is 61.0 Å². The summed E-state index contributed by atoms with van der Waals surface area (Å²) in [5.74, 6) is -1.03. The van der Waals surface area contributed by atoms with Gasteiger partial charge in [0, 0.05) is 40.5 Å². The molecule has 2 aromatic heterocycles. The van der Waals surface area contributed by atoms with Crippen LogP contribution < -0.4 is 10.7 Å². The van der Waals surface area contributed by atoms with E-state index in [1.807, 2.05) is 30.5 Å². The lowest BCUT2D eigenvalue weighted by atomic mass is 9.76. The Morgan fingerprint density at radius 3 is 2.46 bits per heavy atom. The van der Waals surface area contributed by atoms with Crippen LogP contribution in [0.5, 0.6) is 0 Å². The third kappa shape index (κ3) is 5.96. The van der Waals surface area contributed by atoms with E-state index in [0.717, 1.165) is 17.7 Å². The number of carbonyl (C=O) groups is 1. The van der Waals surface area contributed by atoms with E-state index in [-0.39, 0.29) is 22.9 Å². The molecule has 1 atom stereocenters. The zero-order valence-corrected chi connectivity index (χ0v) is 22.3. The molecule has 0 aliphatic carbocycles. The molecule has 5 rings (SSSR count). The summed E-state index contributed by atoms with van der Waals surface area (Å²) in [7, 11) is 0. The van der Waals surface area contributed by atoms with Crippen molar-refractivity contribution in [2.45, 2.75) is 38.1 Å². The van der Waals surface area contributed by atoms with Crippen molar-refractivity contribution in [2.24, 2.45) is 0 Å². The zero-order valence-electron chi connectivity index (χ0n) is 21.6. The first-order chi connectivity index (χ1) is 18.8. The SMILES string of the molecule is CC(CCc1cc(F)cc2c(=O)c(C(=O)NCc3ccc(Cl)cc3)c[nH]c12)(Cc1ccccc1)c1ccc[nH]1. The molecule has 39 heavy (non-hydrogen) atoms. The maximum atomic E-state index is 14.8. The number of nitrogens with one attached hydrogen (secondary N) is 3. The molecular formula is C32H29ClFN3O2. The van der Waals surface area contributed by atoms with Crippen molar-refractivity contribution in [3.8, 4) is 0 Å². The fourth-order valence-corrected chi connectivity index (χ4v) is 5.22. The second-order valence-corrected chi connectivity index (χ2v) is 10.6. The monoisotopic (exact) mass is 541 g/mol. The molecule has 0 spiro atoms. The summed E-state index contributed by atoms with van der Waals surface area (Å²) >= 11 is 5.92. The molecule has 0 aliphatic rings. The highest BCUT2D eigenvalue weighted by atomic mass is 35.5. The lowest BCUT2D eigenvalue weighted by Crippen LogP contribution is -2.29. The number of H-pyrrole nitrogens is 2. The molecule has 3 aromatic carbocycles. The molecule has 1 unspecified atom stereocenters. The minimum absolute atomic E-state index is 0.0617. The van der Waals surface area contributed by atoms with Crippen molar-refractivity contribution >= 4 is 28.4 Å². The number of pyridine rings is 1. The van der Waals surface area contributed by atoms with Gasteiger partial charge in [-0.2, -0.15) is 0 Å². The number of aryl methyl sites for hydroxylation is 1. The van der Waals surface area contributed by atoms with E-state index in [9.17, 15) is 14.0 Å². The number of halogens is 2. The number of benzene rings is 3. The Morgan fingerprint density at radius 1 is 0.974 bits per heavy atom. The highest BCUT2D eigenvalue weighted by Gasteiger charge is 2.28. The standard InChI is InChI=1S/C32H29ClFN3O2/c1-32(28-8-5-15-35-28,18-21-6-3-2-4-7-21)14-13-23-16-25(34)17-26-29(23)36-20-27(30(26)38)31(39)37-19-22-9-11-24(33)12-10-22/h2-12,15-17,20,35H,13-14,18-19H2,1H3,(H,36,38)(H,37,39). The van der Waals surface area contributed by atoms with Crippen molar-refractivity contribution < 1.29 is 9.18 Å². The second kappa shape index (κ2) is 11.3. The number of aromatic nitrogens is 2. The van der Waals surface area contributed by atoms with Crippen LogP contribution >= 0.6 is 11.6 Å². The first-order valence-corrected chi connectivity index (χ1v) is 13.2. The van der Waals surface area contributed by atoms with E-state index < -0.39 is 17.2 Å². The molecule has 0 saturated heterocycles. The van der Waals surface area contributed by atoms with E-state index in [1.54, 1.807) is 24.3 Å². The Balaban J connectivity index is 1.40.